The lowest BCUT2D eigenvalue weighted by Crippen LogP contribution is -2.45. The molecule has 0 saturated carbocycles. The van der Waals surface area contributed by atoms with Crippen LogP contribution in [0.5, 0.6) is 0 Å². The molecule has 0 aromatic heterocycles. The molecule has 0 unspecified atom stereocenters. The van der Waals surface area contributed by atoms with Crippen LogP contribution in [0.4, 0.5) is 0 Å². The Hall–Kier alpha value is -1.84. The van der Waals surface area contributed by atoms with E-state index in [2.05, 4.69) is 77.4 Å². The summed E-state index contributed by atoms with van der Waals surface area (Å²) in [7, 11) is 0. The Bertz CT molecular complexity index is 916. The fourth-order valence-corrected chi connectivity index (χ4v) is 4.11. The largest absolute Gasteiger partial charge is 0.297 e. The molecule has 0 bridgehead atoms. The summed E-state index contributed by atoms with van der Waals surface area (Å²) in [6.07, 6.45) is 0. The second kappa shape index (κ2) is 10.3. The summed E-state index contributed by atoms with van der Waals surface area (Å²) < 4.78 is 0. The van der Waals surface area contributed by atoms with Crippen LogP contribution in [0.2, 0.25) is 5.02 Å². The molecule has 1 fully saturated rings. The van der Waals surface area contributed by atoms with Crippen LogP contribution < -0.4 is 0 Å². The molecule has 1 heterocycles. The average Bonchev–Trinajstić information content (AvgIpc) is 2.71. The van der Waals surface area contributed by atoms with Gasteiger partial charge in [-0.2, -0.15) is 0 Å². The van der Waals surface area contributed by atoms with Gasteiger partial charge < -0.3 is 0 Å². The van der Waals surface area contributed by atoms with Crippen LogP contribution in [-0.2, 0) is 13.1 Å². The fourth-order valence-electron chi connectivity index (χ4n) is 3.98. The molecule has 3 aromatic carbocycles. The summed E-state index contributed by atoms with van der Waals surface area (Å²) in [5, 5.41) is 0.783. The third-order valence-corrected chi connectivity index (χ3v) is 5.77. The SMILES string of the molecule is Cc1cccc(CN2CCN(Cc3ccccc3-c3ccc(Cl)cc3)CC2)c1.Cl. The van der Waals surface area contributed by atoms with Gasteiger partial charge in [-0.3, -0.25) is 9.80 Å². The Morgan fingerprint density at radius 2 is 1.41 bits per heavy atom. The second-order valence-electron chi connectivity index (χ2n) is 7.71. The van der Waals surface area contributed by atoms with Gasteiger partial charge in [0, 0.05) is 44.3 Å². The van der Waals surface area contributed by atoms with Crippen LogP contribution >= 0.6 is 24.0 Å². The van der Waals surface area contributed by atoms with Gasteiger partial charge in [0.15, 0.2) is 0 Å². The lowest BCUT2D eigenvalue weighted by molar-refractivity contribution is 0.122. The minimum atomic E-state index is 0. The van der Waals surface area contributed by atoms with Crippen LogP contribution in [0.15, 0.2) is 72.8 Å². The number of nitrogens with zero attached hydrogens (tertiary/aromatic N) is 2. The molecule has 4 heteroatoms. The smallest absolute Gasteiger partial charge is 0.0406 e. The highest BCUT2D eigenvalue weighted by molar-refractivity contribution is 6.30. The summed E-state index contributed by atoms with van der Waals surface area (Å²) in [6, 6.07) is 25.8. The van der Waals surface area contributed by atoms with E-state index in [9.17, 15) is 0 Å². The van der Waals surface area contributed by atoms with Crippen molar-refractivity contribution in [3.8, 4) is 11.1 Å². The molecule has 0 spiro atoms. The van der Waals surface area contributed by atoms with Crippen LogP contribution in [0, 0.1) is 6.92 Å². The number of aryl methyl sites for hydroxylation is 1. The van der Waals surface area contributed by atoms with Crippen molar-refractivity contribution in [1.29, 1.82) is 0 Å². The molecule has 1 aliphatic heterocycles. The molecule has 0 aliphatic carbocycles. The van der Waals surface area contributed by atoms with E-state index in [0.717, 1.165) is 44.3 Å². The molecule has 4 rings (SSSR count). The van der Waals surface area contributed by atoms with Crippen LogP contribution in [-0.4, -0.2) is 36.0 Å². The number of rotatable bonds is 5. The van der Waals surface area contributed by atoms with E-state index in [-0.39, 0.29) is 12.4 Å². The van der Waals surface area contributed by atoms with Crippen molar-refractivity contribution < 1.29 is 0 Å². The molecule has 152 valence electrons. The van der Waals surface area contributed by atoms with Gasteiger partial charge in [0.25, 0.3) is 0 Å². The van der Waals surface area contributed by atoms with E-state index in [1.165, 1.54) is 27.8 Å². The third kappa shape index (κ3) is 5.83. The topological polar surface area (TPSA) is 6.48 Å². The first-order valence-electron chi connectivity index (χ1n) is 10.0. The summed E-state index contributed by atoms with van der Waals surface area (Å²) in [5.74, 6) is 0. The van der Waals surface area contributed by atoms with Gasteiger partial charge in [-0.05, 0) is 41.3 Å². The first-order valence-corrected chi connectivity index (χ1v) is 10.4. The highest BCUT2D eigenvalue weighted by Crippen LogP contribution is 2.26. The Morgan fingerprint density at radius 3 is 2.10 bits per heavy atom. The Morgan fingerprint density at radius 1 is 0.759 bits per heavy atom. The van der Waals surface area contributed by atoms with Crippen molar-refractivity contribution in [2.75, 3.05) is 26.2 Å². The van der Waals surface area contributed by atoms with Gasteiger partial charge in [0.1, 0.15) is 0 Å². The third-order valence-electron chi connectivity index (χ3n) is 5.52. The normalized spacial score (nSPS) is 15.1. The number of halogens is 2. The van der Waals surface area contributed by atoms with Crippen LogP contribution in [0.25, 0.3) is 11.1 Å². The van der Waals surface area contributed by atoms with E-state index in [1.807, 2.05) is 12.1 Å². The molecule has 0 atom stereocenters. The number of benzene rings is 3. The standard InChI is InChI=1S/C25H27ClN2.ClH/c1-20-5-4-6-21(17-20)18-27-13-15-28(16-14-27)19-23-7-2-3-8-25(23)22-9-11-24(26)12-10-22;/h2-12,17H,13-16,18-19H2,1H3;1H. The van der Waals surface area contributed by atoms with Gasteiger partial charge in [0.2, 0.25) is 0 Å². The molecule has 1 saturated heterocycles. The van der Waals surface area contributed by atoms with Crippen molar-refractivity contribution >= 4 is 24.0 Å². The van der Waals surface area contributed by atoms with Gasteiger partial charge in [-0.1, -0.05) is 77.8 Å². The minimum absolute atomic E-state index is 0. The Balaban J connectivity index is 0.00000240. The highest BCUT2D eigenvalue weighted by atomic mass is 35.5. The number of piperazine rings is 1. The lowest BCUT2D eigenvalue weighted by Gasteiger charge is -2.35. The molecule has 3 aromatic rings. The van der Waals surface area contributed by atoms with Gasteiger partial charge in [0.05, 0.1) is 0 Å². The fraction of sp³-hybridized carbons (Fsp3) is 0.280. The lowest BCUT2D eigenvalue weighted by atomic mass is 9.99. The maximum atomic E-state index is 6.06. The summed E-state index contributed by atoms with van der Waals surface area (Å²) >= 11 is 6.06. The average molecular weight is 427 g/mol. The molecule has 29 heavy (non-hydrogen) atoms. The number of hydrogen-bond acceptors (Lipinski definition) is 2. The van der Waals surface area contributed by atoms with Crippen molar-refractivity contribution in [2.45, 2.75) is 20.0 Å². The van der Waals surface area contributed by atoms with Gasteiger partial charge in [-0.25, -0.2) is 0 Å². The molecule has 2 nitrogen and oxygen atoms in total. The minimum Gasteiger partial charge on any atom is -0.297 e. The molecule has 0 amide bonds. The zero-order valence-electron chi connectivity index (χ0n) is 16.9. The van der Waals surface area contributed by atoms with Gasteiger partial charge in [-0.15, -0.1) is 12.4 Å². The summed E-state index contributed by atoms with van der Waals surface area (Å²) in [6.45, 7) is 8.68. The maximum absolute atomic E-state index is 6.06. The molecule has 0 N–H and O–H groups in total. The zero-order valence-corrected chi connectivity index (χ0v) is 18.4. The predicted octanol–water partition coefficient (Wildman–Crippen LogP) is 6.06. The quantitative estimate of drug-likeness (QED) is 0.489. The van der Waals surface area contributed by atoms with Crippen LogP contribution in [0.1, 0.15) is 16.7 Å². The van der Waals surface area contributed by atoms with E-state index < -0.39 is 0 Å². The van der Waals surface area contributed by atoms with Crippen molar-refractivity contribution in [1.82, 2.24) is 9.80 Å². The molecule has 0 radical (unpaired) electrons. The van der Waals surface area contributed by atoms with Crippen molar-refractivity contribution in [2.24, 2.45) is 0 Å². The van der Waals surface area contributed by atoms with Crippen molar-refractivity contribution in [3.63, 3.8) is 0 Å². The van der Waals surface area contributed by atoms with E-state index in [0.29, 0.717) is 0 Å². The first-order chi connectivity index (χ1) is 13.7. The van der Waals surface area contributed by atoms with E-state index >= 15 is 0 Å². The van der Waals surface area contributed by atoms with E-state index in [4.69, 9.17) is 11.6 Å². The zero-order chi connectivity index (χ0) is 19.3. The maximum Gasteiger partial charge on any atom is 0.0406 e. The monoisotopic (exact) mass is 426 g/mol. The molecular weight excluding hydrogens is 399 g/mol. The Kier molecular flexibility index (Phi) is 7.74. The molecular formula is C25H28Cl2N2. The second-order valence-corrected chi connectivity index (χ2v) is 8.14. The highest BCUT2D eigenvalue weighted by Gasteiger charge is 2.18. The predicted molar refractivity (Wildman–Crippen MR) is 126 cm³/mol. The van der Waals surface area contributed by atoms with Crippen LogP contribution in [0.3, 0.4) is 0 Å². The van der Waals surface area contributed by atoms with Gasteiger partial charge >= 0.3 is 0 Å². The van der Waals surface area contributed by atoms with Crippen molar-refractivity contribution in [3.05, 3.63) is 94.5 Å². The van der Waals surface area contributed by atoms with E-state index in [1.54, 1.807) is 0 Å². The molecule has 1 aliphatic rings. The number of hydrogen-bond donors (Lipinski definition) is 0. The first kappa shape index (κ1) is 21.9. The Labute approximate surface area is 185 Å². The summed E-state index contributed by atoms with van der Waals surface area (Å²) in [5.41, 5.74) is 6.69. The summed E-state index contributed by atoms with van der Waals surface area (Å²) in [4.78, 5) is 5.14.